The number of hydrogen-bond acceptors (Lipinski definition) is 3. The topological polar surface area (TPSA) is 52.6 Å². The van der Waals surface area contributed by atoms with E-state index in [1.165, 1.54) is 0 Å². The van der Waals surface area contributed by atoms with E-state index in [0.717, 1.165) is 6.54 Å². The highest BCUT2D eigenvalue weighted by Crippen LogP contribution is 2.07. The second kappa shape index (κ2) is 5.32. The average Bonchev–Trinajstić information content (AvgIpc) is 2.03. The highest BCUT2D eigenvalue weighted by molar-refractivity contribution is 5.69. The van der Waals surface area contributed by atoms with E-state index in [0.29, 0.717) is 6.54 Å². The van der Waals surface area contributed by atoms with Gasteiger partial charge in [-0.3, -0.25) is 4.79 Å². The van der Waals surface area contributed by atoms with Crippen LogP contribution in [-0.4, -0.2) is 48.7 Å². The summed E-state index contributed by atoms with van der Waals surface area (Å²) in [6.07, 6.45) is 0. The summed E-state index contributed by atoms with van der Waals surface area (Å²) in [6.45, 7) is 7.25. The number of carboxylic acid groups (broad SMARTS) is 1. The molecule has 0 spiro atoms. The first kappa shape index (κ1) is 13.4. The maximum atomic E-state index is 10.5. The highest BCUT2D eigenvalue weighted by Gasteiger charge is 2.20. The van der Waals surface area contributed by atoms with Crippen molar-refractivity contribution in [3.8, 4) is 0 Å². The maximum absolute atomic E-state index is 10.5. The van der Waals surface area contributed by atoms with Crippen molar-refractivity contribution in [1.29, 1.82) is 0 Å². The number of carboxylic acids is 1. The summed E-state index contributed by atoms with van der Waals surface area (Å²) in [5.74, 6) is -1.08. The molecule has 0 saturated heterocycles. The molecule has 0 aromatic carbocycles. The Morgan fingerprint density at radius 1 is 1.50 bits per heavy atom. The van der Waals surface area contributed by atoms with Crippen LogP contribution in [0.25, 0.3) is 0 Å². The fraction of sp³-hybridized carbons (Fsp3) is 0.900. The molecule has 2 N–H and O–H groups in total. The number of nitrogens with one attached hydrogen (secondary N) is 1. The zero-order valence-corrected chi connectivity index (χ0v) is 9.79. The van der Waals surface area contributed by atoms with Gasteiger partial charge in [0.05, 0.1) is 5.92 Å². The predicted molar refractivity (Wildman–Crippen MR) is 57.4 cm³/mol. The monoisotopic (exact) mass is 202 g/mol. The molecule has 4 nitrogen and oxygen atoms in total. The molecule has 1 atom stereocenters. The number of nitrogens with zero attached hydrogens (tertiary/aromatic N) is 1. The van der Waals surface area contributed by atoms with Gasteiger partial charge < -0.3 is 15.3 Å². The van der Waals surface area contributed by atoms with E-state index in [2.05, 4.69) is 24.1 Å². The van der Waals surface area contributed by atoms with Gasteiger partial charge in [0.25, 0.3) is 0 Å². The molecule has 0 aliphatic carbocycles. The molecule has 14 heavy (non-hydrogen) atoms. The Balaban J connectivity index is 3.79. The third-order valence-electron chi connectivity index (χ3n) is 2.64. The zero-order chi connectivity index (χ0) is 11.4. The number of hydrogen-bond donors (Lipinski definition) is 2. The molecule has 0 aromatic heterocycles. The van der Waals surface area contributed by atoms with E-state index >= 15 is 0 Å². The van der Waals surface area contributed by atoms with Gasteiger partial charge in [0.2, 0.25) is 0 Å². The van der Waals surface area contributed by atoms with Crippen LogP contribution in [-0.2, 0) is 4.79 Å². The molecule has 0 aliphatic rings. The summed E-state index contributed by atoms with van der Waals surface area (Å²) >= 11 is 0. The van der Waals surface area contributed by atoms with Crippen molar-refractivity contribution >= 4 is 5.97 Å². The minimum Gasteiger partial charge on any atom is -0.481 e. The van der Waals surface area contributed by atoms with Crippen molar-refractivity contribution in [3.63, 3.8) is 0 Å². The van der Waals surface area contributed by atoms with Crippen molar-refractivity contribution in [1.82, 2.24) is 10.2 Å². The van der Waals surface area contributed by atoms with Crippen LogP contribution in [0.3, 0.4) is 0 Å². The van der Waals surface area contributed by atoms with E-state index in [-0.39, 0.29) is 11.5 Å². The van der Waals surface area contributed by atoms with Gasteiger partial charge in [0, 0.05) is 18.6 Å². The first-order valence-electron chi connectivity index (χ1n) is 4.88. The lowest BCUT2D eigenvalue weighted by molar-refractivity contribution is -0.140. The third-order valence-corrected chi connectivity index (χ3v) is 2.64. The average molecular weight is 202 g/mol. The Kier molecular flexibility index (Phi) is 5.08. The molecule has 0 aliphatic heterocycles. The zero-order valence-electron chi connectivity index (χ0n) is 9.79. The summed E-state index contributed by atoms with van der Waals surface area (Å²) in [5.41, 5.74) is 0.0538. The van der Waals surface area contributed by atoms with Crippen LogP contribution in [0.1, 0.15) is 20.8 Å². The van der Waals surface area contributed by atoms with Crippen LogP contribution in [0.4, 0.5) is 0 Å². The molecule has 0 saturated carbocycles. The molecule has 84 valence electrons. The molecule has 4 heteroatoms. The summed E-state index contributed by atoms with van der Waals surface area (Å²) in [6, 6.07) is 0. The summed E-state index contributed by atoms with van der Waals surface area (Å²) in [5, 5.41) is 11.8. The second-order valence-electron chi connectivity index (χ2n) is 4.58. The summed E-state index contributed by atoms with van der Waals surface area (Å²) in [7, 11) is 4.03. The summed E-state index contributed by atoms with van der Waals surface area (Å²) < 4.78 is 0. The van der Waals surface area contributed by atoms with E-state index < -0.39 is 5.97 Å². The van der Waals surface area contributed by atoms with Gasteiger partial charge in [-0.1, -0.05) is 6.92 Å². The molecular formula is C10H22N2O2. The second-order valence-corrected chi connectivity index (χ2v) is 4.58. The number of aliphatic carboxylic acids is 1. The molecule has 1 unspecified atom stereocenters. The fourth-order valence-electron chi connectivity index (χ4n) is 0.840. The number of rotatable bonds is 6. The molecule has 0 rings (SSSR count). The lowest BCUT2D eigenvalue weighted by Gasteiger charge is -2.33. The van der Waals surface area contributed by atoms with Crippen molar-refractivity contribution in [2.24, 2.45) is 5.92 Å². The Bertz CT molecular complexity index is 191. The van der Waals surface area contributed by atoms with Crippen LogP contribution in [0.2, 0.25) is 0 Å². The Labute approximate surface area is 86.3 Å². The van der Waals surface area contributed by atoms with Crippen LogP contribution in [0, 0.1) is 5.92 Å². The van der Waals surface area contributed by atoms with Gasteiger partial charge >= 0.3 is 5.97 Å². The van der Waals surface area contributed by atoms with Gasteiger partial charge in [-0.05, 0) is 27.9 Å². The van der Waals surface area contributed by atoms with Gasteiger partial charge in [-0.25, -0.2) is 0 Å². The molecule has 0 bridgehead atoms. The van der Waals surface area contributed by atoms with Crippen LogP contribution in [0.15, 0.2) is 0 Å². The predicted octanol–water partition coefficient (Wildman–Crippen LogP) is 0.637. The standard InChI is InChI=1S/C10H22N2O2/c1-8(9(13)14)6-11-7-10(2,3)12(4)5/h8,11H,6-7H2,1-5H3,(H,13,14). The van der Waals surface area contributed by atoms with Gasteiger partial charge in [0.1, 0.15) is 0 Å². The molecule has 0 amide bonds. The van der Waals surface area contributed by atoms with E-state index in [1.54, 1.807) is 6.92 Å². The van der Waals surface area contributed by atoms with Gasteiger partial charge in [-0.15, -0.1) is 0 Å². The fourth-order valence-corrected chi connectivity index (χ4v) is 0.840. The maximum Gasteiger partial charge on any atom is 0.307 e. The lowest BCUT2D eigenvalue weighted by atomic mass is 10.0. The van der Waals surface area contributed by atoms with Crippen molar-refractivity contribution in [2.45, 2.75) is 26.3 Å². The third kappa shape index (κ3) is 4.58. The smallest absolute Gasteiger partial charge is 0.307 e. The SMILES string of the molecule is CC(CNCC(C)(C)N(C)C)C(=O)O. The molecule has 0 fully saturated rings. The van der Waals surface area contributed by atoms with Crippen LogP contribution < -0.4 is 5.32 Å². The minimum absolute atomic E-state index is 0.0538. The quantitative estimate of drug-likeness (QED) is 0.663. The number of carbonyl (C=O) groups is 1. The number of likely N-dealkylation sites (N-methyl/N-ethyl adjacent to an activating group) is 1. The lowest BCUT2D eigenvalue weighted by Crippen LogP contribution is -2.47. The molecule has 0 aromatic rings. The highest BCUT2D eigenvalue weighted by atomic mass is 16.4. The first-order valence-corrected chi connectivity index (χ1v) is 4.88. The summed E-state index contributed by atoms with van der Waals surface area (Å²) in [4.78, 5) is 12.7. The van der Waals surface area contributed by atoms with Gasteiger partial charge in [0.15, 0.2) is 0 Å². The van der Waals surface area contributed by atoms with Crippen LogP contribution >= 0.6 is 0 Å². The normalized spacial score (nSPS) is 14.4. The first-order chi connectivity index (χ1) is 6.27. The Morgan fingerprint density at radius 3 is 2.36 bits per heavy atom. The Morgan fingerprint density at radius 2 is 2.00 bits per heavy atom. The van der Waals surface area contributed by atoms with E-state index in [1.807, 2.05) is 14.1 Å². The van der Waals surface area contributed by atoms with E-state index in [4.69, 9.17) is 5.11 Å². The van der Waals surface area contributed by atoms with Crippen molar-refractivity contribution in [2.75, 3.05) is 27.2 Å². The Hall–Kier alpha value is -0.610. The minimum atomic E-state index is -0.750. The molecular weight excluding hydrogens is 180 g/mol. The van der Waals surface area contributed by atoms with Gasteiger partial charge in [-0.2, -0.15) is 0 Å². The van der Waals surface area contributed by atoms with Crippen molar-refractivity contribution in [3.05, 3.63) is 0 Å². The molecule has 0 heterocycles. The van der Waals surface area contributed by atoms with Crippen molar-refractivity contribution < 1.29 is 9.90 Å². The van der Waals surface area contributed by atoms with E-state index in [9.17, 15) is 4.79 Å². The van der Waals surface area contributed by atoms with Crippen LogP contribution in [0.5, 0.6) is 0 Å². The molecule has 0 radical (unpaired) electrons. The largest absolute Gasteiger partial charge is 0.481 e.